The van der Waals surface area contributed by atoms with E-state index in [2.05, 4.69) is 31.2 Å². The van der Waals surface area contributed by atoms with Crippen LogP contribution in [-0.4, -0.2) is 29.6 Å². The van der Waals surface area contributed by atoms with Crippen LogP contribution in [-0.2, 0) is 17.8 Å². The fourth-order valence-electron chi connectivity index (χ4n) is 3.11. The van der Waals surface area contributed by atoms with E-state index in [1.54, 1.807) is 6.92 Å². The number of hydrogen-bond acceptors (Lipinski definition) is 4. The standard InChI is InChI=1S/C24H33NO3/c1-17-8-10-20(11-9-17)6-5-7-23(27)22-13-18(2)21(12-19(22)3)14-28-16-24(4,25)15-26/h8-13,26H,5-7,14-16,25H2,1-4H3/t24-/m0/s1. The lowest BCUT2D eigenvalue weighted by Crippen LogP contribution is -2.44. The van der Waals surface area contributed by atoms with Gasteiger partial charge in [-0.25, -0.2) is 0 Å². The highest BCUT2D eigenvalue weighted by Crippen LogP contribution is 2.20. The van der Waals surface area contributed by atoms with Gasteiger partial charge in [-0.3, -0.25) is 4.79 Å². The van der Waals surface area contributed by atoms with Crippen LogP contribution in [0.2, 0.25) is 0 Å². The van der Waals surface area contributed by atoms with Crippen molar-refractivity contribution in [2.75, 3.05) is 13.2 Å². The predicted molar refractivity (Wildman–Crippen MR) is 114 cm³/mol. The van der Waals surface area contributed by atoms with E-state index in [1.807, 2.05) is 26.0 Å². The SMILES string of the molecule is Cc1ccc(CCCC(=O)c2cc(C)c(COC[C@@](C)(N)CO)cc2C)cc1. The van der Waals surface area contributed by atoms with Gasteiger partial charge in [0.15, 0.2) is 5.78 Å². The van der Waals surface area contributed by atoms with E-state index >= 15 is 0 Å². The number of Topliss-reactive ketones (excluding diaryl/α,β-unsaturated/α-hetero) is 1. The molecule has 0 aromatic heterocycles. The molecule has 0 saturated carbocycles. The summed E-state index contributed by atoms with van der Waals surface area (Å²) in [5, 5.41) is 9.20. The van der Waals surface area contributed by atoms with E-state index in [-0.39, 0.29) is 19.0 Å². The molecule has 0 spiro atoms. The van der Waals surface area contributed by atoms with Crippen molar-refractivity contribution in [3.05, 3.63) is 69.8 Å². The first-order chi connectivity index (χ1) is 13.2. The Hall–Kier alpha value is -2.01. The zero-order valence-electron chi connectivity index (χ0n) is 17.5. The van der Waals surface area contributed by atoms with Crippen molar-refractivity contribution >= 4 is 5.78 Å². The smallest absolute Gasteiger partial charge is 0.163 e. The number of nitrogens with two attached hydrogens (primary N) is 1. The quantitative estimate of drug-likeness (QED) is 0.607. The minimum absolute atomic E-state index is 0.124. The number of ether oxygens (including phenoxy) is 1. The Kier molecular flexibility index (Phi) is 7.93. The lowest BCUT2D eigenvalue weighted by molar-refractivity contribution is 0.0533. The zero-order chi connectivity index (χ0) is 20.7. The first-order valence-electron chi connectivity index (χ1n) is 9.88. The Morgan fingerprint density at radius 3 is 2.43 bits per heavy atom. The van der Waals surface area contributed by atoms with Crippen LogP contribution in [0.25, 0.3) is 0 Å². The fraction of sp³-hybridized carbons (Fsp3) is 0.458. The van der Waals surface area contributed by atoms with Crippen LogP contribution in [0.15, 0.2) is 36.4 Å². The Bertz CT molecular complexity index is 794. The van der Waals surface area contributed by atoms with Crippen LogP contribution in [0.4, 0.5) is 0 Å². The molecule has 0 radical (unpaired) electrons. The van der Waals surface area contributed by atoms with Gasteiger partial charge in [0.25, 0.3) is 0 Å². The number of ketones is 1. The van der Waals surface area contributed by atoms with E-state index in [4.69, 9.17) is 10.5 Å². The van der Waals surface area contributed by atoms with Crippen LogP contribution < -0.4 is 5.73 Å². The first-order valence-corrected chi connectivity index (χ1v) is 9.88. The highest BCUT2D eigenvalue weighted by molar-refractivity contribution is 5.97. The molecule has 152 valence electrons. The summed E-state index contributed by atoms with van der Waals surface area (Å²) in [6.07, 6.45) is 2.31. The molecule has 0 aliphatic heterocycles. The monoisotopic (exact) mass is 383 g/mol. The van der Waals surface area contributed by atoms with Gasteiger partial charge in [-0.15, -0.1) is 0 Å². The highest BCUT2D eigenvalue weighted by Gasteiger charge is 2.18. The summed E-state index contributed by atoms with van der Waals surface area (Å²) < 4.78 is 5.66. The molecule has 0 amide bonds. The number of aliphatic hydroxyl groups excluding tert-OH is 1. The first kappa shape index (κ1) is 22.3. The van der Waals surface area contributed by atoms with Gasteiger partial charge in [0.2, 0.25) is 0 Å². The molecule has 0 aliphatic carbocycles. The van der Waals surface area contributed by atoms with Crippen molar-refractivity contribution in [1.29, 1.82) is 0 Å². The number of hydrogen-bond donors (Lipinski definition) is 2. The zero-order valence-corrected chi connectivity index (χ0v) is 17.5. The summed E-state index contributed by atoms with van der Waals surface area (Å²) >= 11 is 0. The second kappa shape index (κ2) is 9.97. The van der Waals surface area contributed by atoms with Crippen LogP contribution in [0.5, 0.6) is 0 Å². The third kappa shape index (κ3) is 6.55. The fourth-order valence-corrected chi connectivity index (χ4v) is 3.11. The summed E-state index contributed by atoms with van der Waals surface area (Å²) in [5.74, 6) is 0.190. The summed E-state index contributed by atoms with van der Waals surface area (Å²) in [7, 11) is 0. The Labute approximate surface area is 168 Å². The largest absolute Gasteiger partial charge is 0.394 e. The number of aliphatic hydroxyl groups is 1. The second-order valence-electron chi connectivity index (χ2n) is 8.16. The summed E-state index contributed by atoms with van der Waals surface area (Å²) in [4.78, 5) is 12.7. The van der Waals surface area contributed by atoms with Crippen molar-refractivity contribution in [3.63, 3.8) is 0 Å². The molecule has 4 heteroatoms. The second-order valence-corrected chi connectivity index (χ2v) is 8.16. The van der Waals surface area contributed by atoms with Gasteiger partial charge in [-0.2, -0.15) is 0 Å². The van der Waals surface area contributed by atoms with Crippen LogP contribution >= 0.6 is 0 Å². The third-order valence-corrected chi connectivity index (χ3v) is 5.02. The molecule has 0 saturated heterocycles. The molecule has 1 atom stereocenters. The molecule has 0 unspecified atom stereocenters. The number of benzene rings is 2. The van der Waals surface area contributed by atoms with Crippen molar-refractivity contribution in [3.8, 4) is 0 Å². The summed E-state index contributed by atoms with van der Waals surface area (Å²) in [6.45, 7) is 8.37. The van der Waals surface area contributed by atoms with Gasteiger partial charge < -0.3 is 15.6 Å². The van der Waals surface area contributed by atoms with E-state index < -0.39 is 5.54 Å². The Morgan fingerprint density at radius 2 is 1.79 bits per heavy atom. The maximum absolute atomic E-state index is 12.7. The van der Waals surface area contributed by atoms with E-state index in [0.29, 0.717) is 13.0 Å². The minimum atomic E-state index is -0.740. The molecule has 2 aromatic carbocycles. The number of aryl methyl sites for hydroxylation is 4. The molecule has 0 heterocycles. The maximum atomic E-state index is 12.7. The van der Waals surface area contributed by atoms with Crippen LogP contribution in [0.3, 0.4) is 0 Å². The van der Waals surface area contributed by atoms with E-state index in [1.165, 1.54) is 11.1 Å². The number of rotatable bonds is 10. The molecule has 3 N–H and O–H groups in total. The average Bonchev–Trinajstić information content (AvgIpc) is 2.65. The Balaban J connectivity index is 1.93. The predicted octanol–water partition coefficient (Wildman–Crippen LogP) is 4.04. The Morgan fingerprint density at radius 1 is 1.11 bits per heavy atom. The van der Waals surface area contributed by atoms with Crippen molar-refractivity contribution in [2.45, 2.75) is 59.1 Å². The summed E-state index contributed by atoms with van der Waals surface area (Å²) in [6, 6.07) is 12.5. The number of carbonyl (C=O) groups excluding carboxylic acids is 1. The van der Waals surface area contributed by atoms with Crippen molar-refractivity contribution in [2.24, 2.45) is 5.73 Å². The lowest BCUT2D eigenvalue weighted by Gasteiger charge is -2.21. The van der Waals surface area contributed by atoms with Crippen LogP contribution in [0, 0.1) is 20.8 Å². The molecule has 0 aliphatic rings. The molecule has 2 rings (SSSR count). The van der Waals surface area contributed by atoms with Gasteiger partial charge in [0.05, 0.1) is 25.4 Å². The maximum Gasteiger partial charge on any atom is 0.163 e. The third-order valence-electron chi connectivity index (χ3n) is 5.02. The molecule has 4 nitrogen and oxygen atoms in total. The normalized spacial score (nSPS) is 13.4. The lowest BCUT2D eigenvalue weighted by atomic mass is 9.95. The highest BCUT2D eigenvalue weighted by atomic mass is 16.5. The molecular formula is C24H33NO3. The van der Waals surface area contributed by atoms with Crippen LogP contribution in [0.1, 0.15) is 57.9 Å². The number of carbonyl (C=O) groups is 1. The topological polar surface area (TPSA) is 72.5 Å². The molecular weight excluding hydrogens is 350 g/mol. The van der Waals surface area contributed by atoms with Crippen molar-refractivity contribution < 1.29 is 14.6 Å². The molecule has 28 heavy (non-hydrogen) atoms. The van der Waals surface area contributed by atoms with Gasteiger partial charge in [-0.1, -0.05) is 35.9 Å². The molecule has 0 bridgehead atoms. The molecule has 0 fully saturated rings. The van der Waals surface area contributed by atoms with Gasteiger partial charge >= 0.3 is 0 Å². The minimum Gasteiger partial charge on any atom is -0.394 e. The average molecular weight is 384 g/mol. The van der Waals surface area contributed by atoms with Gasteiger partial charge in [0.1, 0.15) is 0 Å². The van der Waals surface area contributed by atoms with E-state index in [9.17, 15) is 9.90 Å². The van der Waals surface area contributed by atoms with Crippen molar-refractivity contribution in [1.82, 2.24) is 0 Å². The van der Waals surface area contributed by atoms with Gasteiger partial charge in [0, 0.05) is 12.0 Å². The molecule has 2 aromatic rings. The van der Waals surface area contributed by atoms with E-state index in [0.717, 1.165) is 35.1 Å². The summed E-state index contributed by atoms with van der Waals surface area (Å²) in [5.41, 5.74) is 11.5. The van der Waals surface area contributed by atoms with Gasteiger partial charge in [-0.05, 0) is 68.9 Å².